The number of carbonyl (C=O) groups excluding carboxylic acids is 1. The summed E-state index contributed by atoms with van der Waals surface area (Å²) in [5.41, 5.74) is 1.78. The van der Waals surface area contributed by atoms with Crippen LogP contribution in [0.2, 0.25) is 0 Å². The minimum Gasteiger partial charge on any atom is -0.495 e. The third kappa shape index (κ3) is 5.72. The minimum atomic E-state index is 0.126. The van der Waals surface area contributed by atoms with Crippen LogP contribution < -0.4 is 10.1 Å². The van der Waals surface area contributed by atoms with E-state index in [0.29, 0.717) is 0 Å². The molecule has 29 heavy (non-hydrogen) atoms. The van der Waals surface area contributed by atoms with E-state index < -0.39 is 0 Å². The first-order chi connectivity index (χ1) is 14.1. The summed E-state index contributed by atoms with van der Waals surface area (Å²) in [5.74, 6) is 0.940. The van der Waals surface area contributed by atoms with Crippen molar-refractivity contribution in [1.29, 1.82) is 0 Å². The maximum atomic E-state index is 13.2. The van der Waals surface area contributed by atoms with Gasteiger partial charge in [0.1, 0.15) is 5.75 Å². The number of hydrogen-bond donors (Lipinski definition) is 2. The van der Waals surface area contributed by atoms with E-state index >= 15 is 0 Å². The van der Waals surface area contributed by atoms with Gasteiger partial charge in [-0.05, 0) is 26.1 Å². The van der Waals surface area contributed by atoms with E-state index in [4.69, 9.17) is 9.84 Å². The Bertz CT molecular complexity index is 767. The van der Waals surface area contributed by atoms with Gasteiger partial charge in [-0.15, -0.1) is 0 Å². The monoisotopic (exact) mass is 404 g/mol. The highest BCUT2D eigenvalue weighted by Crippen LogP contribution is 2.30. The second-order valence-corrected chi connectivity index (χ2v) is 6.99. The third-order valence-electron chi connectivity index (χ3n) is 5.20. The van der Waals surface area contributed by atoms with E-state index in [0.717, 1.165) is 74.6 Å². The average molecular weight is 405 g/mol. The summed E-state index contributed by atoms with van der Waals surface area (Å²) in [6.45, 7) is 13.3. The van der Waals surface area contributed by atoms with Gasteiger partial charge in [-0.3, -0.25) is 4.79 Å². The lowest BCUT2D eigenvalue weighted by Gasteiger charge is -2.34. The van der Waals surface area contributed by atoms with Crippen molar-refractivity contribution < 1.29 is 14.6 Å². The molecule has 1 aliphatic heterocycles. The zero-order valence-electron chi connectivity index (χ0n) is 18.3. The van der Waals surface area contributed by atoms with Crippen LogP contribution in [0.25, 0.3) is 10.9 Å². The molecule has 0 aliphatic carbocycles. The number of benzene rings is 1. The molecule has 2 heterocycles. The Morgan fingerprint density at radius 3 is 2.45 bits per heavy atom. The Kier molecular flexibility index (Phi) is 9.44. The molecule has 0 radical (unpaired) electrons. The second-order valence-electron chi connectivity index (χ2n) is 6.99. The fourth-order valence-corrected chi connectivity index (χ4v) is 3.65. The number of rotatable bonds is 7. The number of hydrogen-bond acceptors (Lipinski definition) is 5. The minimum absolute atomic E-state index is 0.126. The number of fused-ring (bicyclic) bond motifs is 1. The van der Waals surface area contributed by atoms with Crippen molar-refractivity contribution in [2.24, 2.45) is 0 Å². The first kappa shape index (κ1) is 23.2. The average Bonchev–Trinajstić information content (AvgIpc) is 3.13. The summed E-state index contributed by atoms with van der Waals surface area (Å²) in [7, 11) is 1.68. The zero-order chi connectivity index (χ0) is 21.2. The van der Waals surface area contributed by atoms with Gasteiger partial charge in [-0.2, -0.15) is 0 Å². The van der Waals surface area contributed by atoms with Gasteiger partial charge in [0.25, 0.3) is 5.91 Å². The maximum Gasteiger partial charge on any atom is 0.256 e. The quantitative estimate of drug-likeness (QED) is 0.691. The Hall–Kier alpha value is -2.09. The van der Waals surface area contributed by atoms with Gasteiger partial charge in [0.15, 0.2) is 0 Å². The van der Waals surface area contributed by atoms with Gasteiger partial charge in [-0.1, -0.05) is 26.0 Å². The molecule has 1 aliphatic rings. The molecule has 0 saturated carbocycles. The lowest BCUT2D eigenvalue weighted by Crippen LogP contribution is -2.48. The molecule has 3 rings (SSSR count). The van der Waals surface area contributed by atoms with Crippen LogP contribution in [-0.4, -0.2) is 84.9 Å². The highest BCUT2D eigenvalue weighted by atomic mass is 16.5. The first-order valence-electron chi connectivity index (χ1n) is 10.6. The normalized spacial score (nSPS) is 14.6. The molecular weight excluding hydrogens is 368 g/mol. The van der Waals surface area contributed by atoms with E-state index in [-0.39, 0.29) is 12.5 Å². The summed E-state index contributed by atoms with van der Waals surface area (Å²) < 4.78 is 7.71. The number of methoxy groups -OCH3 is 1. The first-order valence-corrected chi connectivity index (χ1v) is 10.6. The molecule has 162 valence electrons. The standard InChI is InChI=1S/C20H30N4O2.C2H6O/c1-4-21-9-10-24-15-17(16-7-6-8-18(26-3)19(16)24)20(25)23-13-11-22(5-2)12-14-23;1-2-3/h6-8,15,21H,4-5,9-14H2,1-3H3;3H,2H2,1H3. The van der Waals surface area contributed by atoms with Gasteiger partial charge in [0.05, 0.1) is 18.2 Å². The predicted octanol–water partition coefficient (Wildman–Crippen LogP) is 2.04. The maximum absolute atomic E-state index is 13.2. The van der Waals surface area contributed by atoms with E-state index in [1.165, 1.54) is 0 Å². The number of aliphatic hydroxyl groups excluding tert-OH is 1. The molecule has 0 atom stereocenters. The van der Waals surface area contributed by atoms with Crippen LogP contribution >= 0.6 is 0 Å². The summed E-state index contributed by atoms with van der Waals surface area (Å²) in [4.78, 5) is 17.6. The Morgan fingerprint density at radius 1 is 1.17 bits per heavy atom. The van der Waals surface area contributed by atoms with Gasteiger partial charge in [0.2, 0.25) is 0 Å². The van der Waals surface area contributed by atoms with Crippen LogP contribution in [0.15, 0.2) is 24.4 Å². The number of likely N-dealkylation sites (N-methyl/N-ethyl adjacent to an activating group) is 2. The number of ether oxygens (including phenoxy) is 1. The van der Waals surface area contributed by atoms with Crippen LogP contribution in [0, 0.1) is 0 Å². The molecule has 1 saturated heterocycles. The van der Waals surface area contributed by atoms with Gasteiger partial charge in [0, 0.05) is 57.5 Å². The number of para-hydroxylation sites is 1. The number of aromatic nitrogens is 1. The van der Waals surface area contributed by atoms with Gasteiger partial charge >= 0.3 is 0 Å². The molecule has 7 nitrogen and oxygen atoms in total. The smallest absolute Gasteiger partial charge is 0.256 e. The zero-order valence-corrected chi connectivity index (χ0v) is 18.3. The van der Waals surface area contributed by atoms with Crippen molar-refractivity contribution in [3.05, 3.63) is 30.0 Å². The van der Waals surface area contributed by atoms with Crippen molar-refractivity contribution in [3.63, 3.8) is 0 Å². The number of piperazine rings is 1. The van der Waals surface area contributed by atoms with Crippen molar-refractivity contribution in [2.75, 3.05) is 59.5 Å². The number of amides is 1. The van der Waals surface area contributed by atoms with Crippen LogP contribution in [0.3, 0.4) is 0 Å². The molecule has 0 bridgehead atoms. The Labute approximate surface area is 174 Å². The van der Waals surface area contributed by atoms with Crippen LogP contribution in [0.1, 0.15) is 31.1 Å². The van der Waals surface area contributed by atoms with E-state index in [2.05, 4.69) is 28.6 Å². The summed E-state index contributed by atoms with van der Waals surface area (Å²) in [6.07, 6.45) is 2.00. The molecular formula is C22H36N4O3. The number of carbonyl (C=O) groups is 1. The largest absolute Gasteiger partial charge is 0.495 e. The van der Waals surface area contributed by atoms with Gasteiger partial charge < -0.3 is 29.5 Å². The van der Waals surface area contributed by atoms with Crippen molar-refractivity contribution in [2.45, 2.75) is 27.3 Å². The molecule has 0 spiro atoms. The van der Waals surface area contributed by atoms with Crippen LogP contribution in [0.5, 0.6) is 5.75 Å². The van der Waals surface area contributed by atoms with Crippen LogP contribution in [-0.2, 0) is 6.54 Å². The highest BCUT2D eigenvalue weighted by molar-refractivity contribution is 6.08. The lowest BCUT2D eigenvalue weighted by atomic mass is 10.1. The van der Waals surface area contributed by atoms with Crippen molar-refractivity contribution in [1.82, 2.24) is 19.7 Å². The van der Waals surface area contributed by atoms with E-state index in [1.54, 1.807) is 14.0 Å². The molecule has 1 amide bonds. The van der Waals surface area contributed by atoms with Crippen LogP contribution in [0.4, 0.5) is 0 Å². The Morgan fingerprint density at radius 2 is 1.86 bits per heavy atom. The second kappa shape index (κ2) is 11.8. The molecule has 1 aromatic carbocycles. The van der Waals surface area contributed by atoms with E-state index in [1.807, 2.05) is 29.3 Å². The Balaban J connectivity index is 0.000000941. The lowest BCUT2D eigenvalue weighted by molar-refractivity contribution is 0.0645. The van der Waals surface area contributed by atoms with Crippen molar-refractivity contribution >= 4 is 16.8 Å². The molecule has 2 N–H and O–H groups in total. The summed E-state index contributed by atoms with van der Waals surface area (Å²) in [6, 6.07) is 5.94. The van der Waals surface area contributed by atoms with Crippen molar-refractivity contribution in [3.8, 4) is 5.75 Å². The molecule has 7 heteroatoms. The highest BCUT2D eigenvalue weighted by Gasteiger charge is 2.25. The molecule has 2 aromatic rings. The SMILES string of the molecule is CCNCCn1cc(C(=O)N2CCN(CC)CC2)c2cccc(OC)c21.CCO. The topological polar surface area (TPSA) is 70.0 Å². The molecule has 1 fully saturated rings. The fourth-order valence-electron chi connectivity index (χ4n) is 3.65. The third-order valence-corrected chi connectivity index (χ3v) is 5.20. The number of nitrogens with one attached hydrogen (secondary N) is 1. The predicted molar refractivity (Wildman–Crippen MR) is 118 cm³/mol. The summed E-state index contributed by atoms with van der Waals surface area (Å²) >= 11 is 0. The molecule has 0 unspecified atom stereocenters. The number of aliphatic hydroxyl groups is 1. The number of nitrogens with zero attached hydrogens (tertiary/aromatic N) is 3. The molecule has 1 aromatic heterocycles. The summed E-state index contributed by atoms with van der Waals surface area (Å²) in [5, 5.41) is 11.9. The van der Waals surface area contributed by atoms with E-state index in [9.17, 15) is 4.79 Å². The van der Waals surface area contributed by atoms with Gasteiger partial charge in [-0.25, -0.2) is 0 Å². The fraction of sp³-hybridized carbons (Fsp3) is 0.591.